The van der Waals surface area contributed by atoms with Crippen LogP contribution in [0.3, 0.4) is 0 Å². The van der Waals surface area contributed by atoms with Crippen LogP contribution in [-0.4, -0.2) is 54.0 Å². The molecule has 0 saturated carbocycles. The molecule has 0 radical (unpaired) electrons. The first-order valence-electron chi connectivity index (χ1n) is 7.62. The maximum atomic E-state index is 12.6. The summed E-state index contributed by atoms with van der Waals surface area (Å²) in [6.07, 6.45) is 4.85. The molecule has 3 unspecified atom stereocenters. The van der Waals surface area contributed by atoms with Crippen molar-refractivity contribution >= 4 is 15.7 Å². The van der Waals surface area contributed by atoms with Crippen molar-refractivity contribution in [3.05, 3.63) is 0 Å². The van der Waals surface area contributed by atoms with Crippen molar-refractivity contribution in [1.82, 2.24) is 4.90 Å². The Hall–Kier alpha value is -0.620. The SMILES string of the molecule is CC(O)CC1CCCCN1C(=O)C1CCCCS1(=O)=O. The Balaban J connectivity index is 2.12. The van der Waals surface area contributed by atoms with Gasteiger partial charge in [-0.25, -0.2) is 8.42 Å². The molecule has 0 spiro atoms. The molecule has 116 valence electrons. The van der Waals surface area contributed by atoms with Gasteiger partial charge in [-0.1, -0.05) is 6.42 Å². The molecule has 2 rings (SSSR count). The lowest BCUT2D eigenvalue weighted by atomic mass is 9.96. The summed E-state index contributed by atoms with van der Waals surface area (Å²) in [7, 11) is -3.28. The Kier molecular flexibility index (Phi) is 5.07. The molecule has 0 aromatic carbocycles. The summed E-state index contributed by atoms with van der Waals surface area (Å²) in [5.74, 6) is -0.0896. The van der Waals surface area contributed by atoms with E-state index in [1.54, 1.807) is 11.8 Å². The Labute approximate surface area is 121 Å². The molecular weight excluding hydrogens is 278 g/mol. The van der Waals surface area contributed by atoms with Crippen molar-refractivity contribution in [3.63, 3.8) is 0 Å². The number of carbonyl (C=O) groups excluding carboxylic acids is 1. The minimum Gasteiger partial charge on any atom is -0.393 e. The molecular formula is C14H25NO4S. The second-order valence-corrected chi connectivity index (χ2v) is 8.42. The van der Waals surface area contributed by atoms with Crippen molar-refractivity contribution in [2.45, 2.75) is 69.3 Å². The summed E-state index contributed by atoms with van der Waals surface area (Å²) in [4.78, 5) is 14.4. The maximum Gasteiger partial charge on any atom is 0.241 e. The molecule has 1 N–H and O–H groups in total. The van der Waals surface area contributed by atoms with E-state index in [-0.39, 0.29) is 17.7 Å². The van der Waals surface area contributed by atoms with Crippen molar-refractivity contribution in [3.8, 4) is 0 Å². The van der Waals surface area contributed by atoms with Crippen molar-refractivity contribution in [2.24, 2.45) is 0 Å². The second kappa shape index (κ2) is 6.43. The smallest absolute Gasteiger partial charge is 0.241 e. The van der Waals surface area contributed by atoms with E-state index < -0.39 is 21.2 Å². The van der Waals surface area contributed by atoms with Gasteiger partial charge in [0, 0.05) is 12.6 Å². The molecule has 2 fully saturated rings. The summed E-state index contributed by atoms with van der Waals surface area (Å²) < 4.78 is 24.2. The first-order chi connectivity index (χ1) is 9.42. The van der Waals surface area contributed by atoms with Gasteiger partial charge in [-0.3, -0.25) is 4.79 Å². The van der Waals surface area contributed by atoms with Gasteiger partial charge in [0.25, 0.3) is 0 Å². The predicted octanol–water partition coefficient (Wildman–Crippen LogP) is 1.11. The summed E-state index contributed by atoms with van der Waals surface area (Å²) in [6, 6.07) is -0.00613. The van der Waals surface area contributed by atoms with E-state index in [0.29, 0.717) is 25.8 Å². The van der Waals surface area contributed by atoms with Gasteiger partial charge >= 0.3 is 0 Å². The highest BCUT2D eigenvalue weighted by molar-refractivity contribution is 7.92. The van der Waals surface area contributed by atoms with E-state index in [2.05, 4.69) is 0 Å². The lowest BCUT2D eigenvalue weighted by Crippen LogP contribution is -2.52. The zero-order chi connectivity index (χ0) is 14.8. The molecule has 3 atom stereocenters. The van der Waals surface area contributed by atoms with E-state index in [1.807, 2.05) is 0 Å². The number of aliphatic hydroxyl groups excluding tert-OH is 1. The summed E-state index contributed by atoms with van der Waals surface area (Å²) in [6.45, 7) is 2.34. The first-order valence-corrected chi connectivity index (χ1v) is 9.33. The molecule has 0 aromatic heterocycles. The highest BCUT2D eigenvalue weighted by atomic mass is 32.2. The zero-order valence-electron chi connectivity index (χ0n) is 12.1. The fraction of sp³-hybridized carbons (Fsp3) is 0.929. The van der Waals surface area contributed by atoms with E-state index in [0.717, 1.165) is 25.7 Å². The zero-order valence-corrected chi connectivity index (χ0v) is 12.9. The normalized spacial score (nSPS) is 31.8. The Morgan fingerprint density at radius 2 is 1.95 bits per heavy atom. The van der Waals surface area contributed by atoms with Crippen molar-refractivity contribution in [1.29, 1.82) is 0 Å². The quantitative estimate of drug-likeness (QED) is 0.847. The molecule has 0 aromatic rings. The number of amides is 1. The first kappa shape index (κ1) is 15.8. The third-order valence-electron chi connectivity index (χ3n) is 4.38. The van der Waals surface area contributed by atoms with Crippen LogP contribution in [0.15, 0.2) is 0 Å². The van der Waals surface area contributed by atoms with Gasteiger partial charge < -0.3 is 10.0 Å². The van der Waals surface area contributed by atoms with Crippen LogP contribution in [0, 0.1) is 0 Å². The standard InChI is InChI=1S/C14H25NO4S/c1-11(16)10-12-6-2-4-8-15(12)14(17)13-7-3-5-9-20(13,18)19/h11-13,16H,2-10H2,1H3. The van der Waals surface area contributed by atoms with Gasteiger partial charge in [-0.15, -0.1) is 0 Å². The van der Waals surface area contributed by atoms with Crippen molar-refractivity contribution < 1.29 is 18.3 Å². The number of rotatable bonds is 3. The summed E-state index contributed by atoms with van der Waals surface area (Å²) in [5, 5.41) is 8.72. The van der Waals surface area contributed by atoms with Gasteiger partial charge in [0.2, 0.25) is 5.91 Å². The fourth-order valence-electron chi connectivity index (χ4n) is 3.35. The van der Waals surface area contributed by atoms with E-state index in [4.69, 9.17) is 0 Å². The predicted molar refractivity (Wildman–Crippen MR) is 77.1 cm³/mol. The largest absolute Gasteiger partial charge is 0.393 e. The molecule has 6 heteroatoms. The van der Waals surface area contributed by atoms with Gasteiger partial charge in [0.1, 0.15) is 5.25 Å². The highest BCUT2D eigenvalue weighted by Gasteiger charge is 2.40. The highest BCUT2D eigenvalue weighted by Crippen LogP contribution is 2.27. The van der Waals surface area contributed by atoms with Crippen LogP contribution in [0.2, 0.25) is 0 Å². The van der Waals surface area contributed by atoms with Gasteiger partial charge in [0.15, 0.2) is 9.84 Å². The van der Waals surface area contributed by atoms with Crippen LogP contribution >= 0.6 is 0 Å². The van der Waals surface area contributed by atoms with Crippen LogP contribution in [0.1, 0.15) is 51.9 Å². The number of nitrogens with zero attached hydrogens (tertiary/aromatic N) is 1. The van der Waals surface area contributed by atoms with E-state index in [9.17, 15) is 18.3 Å². The number of piperidine rings is 1. The fourth-order valence-corrected chi connectivity index (χ4v) is 5.21. The maximum absolute atomic E-state index is 12.6. The molecule has 5 nitrogen and oxygen atoms in total. The van der Waals surface area contributed by atoms with Gasteiger partial charge in [-0.2, -0.15) is 0 Å². The summed E-state index contributed by atoms with van der Waals surface area (Å²) in [5.41, 5.74) is 0. The van der Waals surface area contributed by atoms with Gasteiger partial charge in [-0.05, 0) is 45.4 Å². The van der Waals surface area contributed by atoms with Gasteiger partial charge in [0.05, 0.1) is 11.9 Å². The van der Waals surface area contributed by atoms with Crippen LogP contribution in [0.4, 0.5) is 0 Å². The molecule has 1 amide bonds. The minimum atomic E-state index is -3.28. The Morgan fingerprint density at radius 3 is 2.60 bits per heavy atom. The number of hydrogen-bond donors (Lipinski definition) is 1. The second-order valence-electron chi connectivity index (χ2n) is 6.12. The molecule has 2 aliphatic heterocycles. The topological polar surface area (TPSA) is 74.7 Å². The number of sulfone groups is 1. The van der Waals surface area contributed by atoms with Crippen molar-refractivity contribution in [2.75, 3.05) is 12.3 Å². The molecule has 0 bridgehead atoms. The molecule has 2 heterocycles. The molecule has 20 heavy (non-hydrogen) atoms. The average Bonchev–Trinajstić information content (AvgIpc) is 2.37. The van der Waals surface area contributed by atoms with E-state index in [1.165, 1.54) is 0 Å². The Morgan fingerprint density at radius 1 is 1.25 bits per heavy atom. The lowest BCUT2D eigenvalue weighted by molar-refractivity contribution is -0.135. The number of hydrogen-bond acceptors (Lipinski definition) is 4. The average molecular weight is 303 g/mol. The number of aliphatic hydroxyl groups is 1. The minimum absolute atomic E-state index is 0.00613. The Bertz CT molecular complexity index is 446. The third-order valence-corrected chi connectivity index (χ3v) is 6.54. The molecule has 2 aliphatic rings. The molecule has 2 saturated heterocycles. The van der Waals surface area contributed by atoms with Crippen LogP contribution < -0.4 is 0 Å². The molecule has 0 aliphatic carbocycles. The van der Waals surface area contributed by atoms with Crippen LogP contribution in [-0.2, 0) is 14.6 Å². The lowest BCUT2D eigenvalue weighted by Gasteiger charge is -2.39. The number of carbonyl (C=O) groups is 1. The summed E-state index contributed by atoms with van der Waals surface area (Å²) >= 11 is 0. The third kappa shape index (κ3) is 3.52. The van der Waals surface area contributed by atoms with Crippen LogP contribution in [0.5, 0.6) is 0 Å². The number of likely N-dealkylation sites (tertiary alicyclic amines) is 1. The monoisotopic (exact) mass is 303 g/mol. The van der Waals surface area contributed by atoms with E-state index >= 15 is 0 Å². The van der Waals surface area contributed by atoms with Crippen LogP contribution in [0.25, 0.3) is 0 Å².